The van der Waals surface area contributed by atoms with Crippen LogP contribution in [-0.4, -0.2) is 36.6 Å². The highest BCUT2D eigenvalue weighted by Crippen LogP contribution is 2.40. The molecule has 3 fully saturated rings. The van der Waals surface area contributed by atoms with Crippen LogP contribution in [0.25, 0.3) is 6.08 Å². The van der Waals surface area contributed by atoms with E-state index in [1.807, 2.05) is 24.3 Å². The Bertz CT molecular complexity index is 1040. The molecule has 0 atom stereocenters. The number of benzene rings is 2. The Kier molecular flexibility index (Phi) is 6.91. The van der Waals surface area contributed by atoms with Crippen molar-refractivity contribution in [3.05, 3.63) is 66.2 Å². The zero-order valence-electron chi connectivity index (χ0n) is 22.7. The maximum Gasteiger partial charge on any atom is 0.494 e. The van der Waals surface area contributed by atoms with Crippen LogP contribution in [0.3, 0.4) is 0 Å². The molecule has 4 nitrogen and oxygen atoms in total. The van der Waals surface area contributed by atoms with Gasteiger partial charge in [-0.15, -0.1) is 0 Å². The molecule has 3 aliphatic rings. The Labute approximate surface area is 212 Å². The summed E-state index contributed by atoms with van der Waals surface area (Å²) in [7, 11) is -0.520. The topological polar surface area (TPSA) is 36.9 Å². The zero-order valence-corrected chi connectivity index (χ0v) is 22.7. The summed E-state index contributed by atoms with van der Waals surface area (Å²) in [6.45, 7) is 20.4. The zero-order chi connectivity index (χ0) is 25.6. The van der Waals surface area contributed by atoms with Gasteiger partial charge < -0.3 is 18.6 Å². The fourth-order valence-electron chi connectivity index (χ4n) is 4.17. The SMILES string of the molecule is C=Cc1cccc(B2OC(C)(C)C(C)(C)O2)c1.CC1(C)OB(c2cccc(C3CC3)c2)OC1(C)C. The molecular weight excluding hydrogens is 434 g/mol. The molecule has 2 heterocycles. The Balaban J connectivity index is 0.000000165. The Morgan fingerprint density at radius 2 is 1.11 bits per heavy atom. The fraction of sp³-hybridized carbons (Fsp3) is 0.517. The van der Waals surface area contributed by atoms with E-state index in [2.05, 4.69) is 92.3 Å². The third-order valence-corrected chi connectivity index (χ3v) is 8.16. The molecule has 5 rings (SSSR count). The molecule has 0 unspecified atom stereocenters. The predicted octanol–water partition coefficient (Wildman–Crippen LogP) is 5.49. The quantitative estimate of drug-likeness (QED) is 0.550. The second-order valence-corrected chi connectivity index (χ2v) is 12.0. The molecular formula is C29H40B2O4. The predicted molar refractivity (Wildman–Crippen MR) is 146 cm³/mol. The first-order valence-electron chi connectivity index (χ1n) is 12.8. The summed E-state index contributed by atoms with van der Waals surface area (Å²) in [6.07, 6.45) is 4.48. The van der Waals surface area contributed by atoms with E-state index in [1.54, 1.807) is 0 Å². The molecule has 1 aliphatic carbocycles. The highest BCUT2D eigenvalue weighted by molar-refractivity contribution is 6.62. The Morgan fingerprint density at radius 1 is 0.686 bits per heavy atom. The van der Waals surface area contributed by atoms with E-state index in [0.717, 1.165) is 22.4 Å². The molecule has 0 bridgehead atoms. The van der Waals surface area contributed by atoms with Crippen molar-refractivity contribution < 1.29 is 18.6 Å². The number of hydrogen-bond acceptors (Lipinski definition) is 4. The van der Waals surface area contributed by atoms with Gasteiger partial charge in [0.15, 0.2) is 0 Å². The van der Waals surface area contributed by atoms with E-state index >= 15 is 0 Å². The Hall–Kier alpha value is -1.85. The van der Waals surface area contributed by atoms with E-state index in [9.17, 15) is 0 Å². The lowest BCUT2D eigenvalue weighted by molar-refractivity contribution is 0.00578. The first-order chi connectivity index (χ1) is 16.2. The minimum Gasteiger partial charge on any atom is -0.399 e. The second-order valence-electron chi connectivity index (χ2n) is 12.0. The van der Waals surface area contributed by atoms with Gasteiger partial charge in [-0.25, -0.2) is 0 Å². The molecule has 0 aromatic heterocycles. The van der Waals surface area contributed by atoms with Crippen molar-refractivity contribution in [1.29, 1.82) is 0 Å². The van der Waals surface area contributed by atoms with Crippen molar-refractivity contribution in [3.8, 4) is 0 Å². The van der Waals surface area contributed by atoms with Crippen LogP contribution in [0.15, 0.2) is 55.1 Å². The molecule has 1 saturated carbocycles. The van der Waals surface area contributed by atoms with Crippen molar-refractivity contribution in [2.24, 2.45) is 0 Å². The number of rotatable bonds is 4. The monoisotopic (exact) mass is 474 g/mol. The van der Waals surface area contributed by atoms with Crippen LogP contribution < -0.4 is 10.9 Å². The third-order valence-electron chi connectivity index (χ3n) is 8.16. The maximum atomic E-state index is 6.08. The lowest BCUT2D eigenvalue weighted by atomic mass is 9.78. The molecule has 0 spiro atoms. The molecule has 0 radical (unpaired) electrons. The van der Waals surface area contributed by atoms with Gasteiger partial charge in [-0.2, -0.15) is 0 Å². The van der Waals surface area contributed by atoms with Crippen molar-refractivity contribution in [3.63, 3.8) is 0 Å². The van der Waals surface area contributed by atoms with Crippen LogP contribution in [0.2, 0.25) is 0 Å². The summed E-state index contributed by atoms with van der Waals surface area (Å²) in [5, 5.41) is 0. The fourth-order valence-corrected chi connectivity index (χ4v) is 4.17. The molecule has 2 aromatic carbocycles. The van der Waals surface area contributed by atoms with Gasteiger partial charge in [0.2, 0.25) is 0 Å². The van der Waals surface area contributed by atoms with E-state index in [1.165, 1.54) is 18.4 Å². The first kappa shape index (κ1) is 26.2. The van der Waals surface area contributed by atoms with Crippen LogP contribution in [0, 0.1) is 0 Å². The van der Waals surface area contributed by atoms with Crippen LogP contribution >= 0.6 is 0 Å². The number of hydrogen-bond donors (Lipinski definition) is 0. The average molecular weight is 474 g/mol. The van der Waals surface area contributed by atoms with E-state index in [-0.39, 0.29) is 36.6 Å². The van der Waals surface area contributed by atoms with Crippen molar-refractivity contribution in [1.82, 2.24) is 0 Å². The summed E-state index contributed by atoms with van der Waals surface area (Å²) >= 11 is 0. The smallest absolute Gasteiger partial charge is 0.399 e. The Morgan fingerprint density at radius 3 is 1.54 bits per heavy atom. The van der Waals surface area contributed by atoms with Crippen molar-refractivity contribution >= 4 is 31.2 Å². The van der Waals surface area contributed by atoms with Crippen molar-refractivity contribution in [2.75, 3.05) is 0 Å². The van der Waals surface area contributed by atoms with Crippen LogP contribution in [0.4, 0.5) is 0 Å². The van der Waals surface area contributed by atoms with Crippen LogP contribution in [0.1, 0.15) is 85.3 Å². The molecule has 186 valence electrons. The minimum absolute atomic E-state index is 0.228. The maximum absolute atomic E-state index is 6.08. The first-order valence-corrected chi connectivity index (χ1v) is 12.8. The lowest BCUT2D eigenvalue weighted by Crippen LogP contribution is -2.41. The molecule has 2 aliphatic heterocycles. The normalized spacial score (nSPS) is 23.5. The van der Waals surface area contributed by atoms with Gasteiger partial charge >= 0.3 is 14.2 Å². The standard InChI is InChI=1S/C15H21BO2.C14H19BO2/c1-14(2)15(3,4)18-16(17-14)13-7-5-6-12(10-13)11-8-9-11;1-6-11-8-7-9-12(10-11)15-16-13(2,3)14(4,5)17-15/h5-7,10-11H,8-9H2,1-4H3;6-10H,1H2,2-5H3. The van der Waals surface area contributed by atoms with Gasteiger partial charge in [-0.05, 0) is 96.2 Å². The molecule has 0 N–H and O–H groups in total. The molecule has 0 amide bonds. The summed E-state index contributed by atoms with van der Waals surface area (Å²) in [5.41, 5.74) is 3.61. The van der Waals surface area contributed by atoms with Gasteiger partial charge in [-0.1, -0.05) is 61.2 Å². The minimum atomic E-state index is -0.292. The van der Waals surface area contributed by atoms with Crippen molar-refractivity contribution in [2.45, 2.75) is 96.6 Å². The van der Waals surface area contributed by atoms with Gasteiger partial charge in [0.05, 0.1) is 22.4 Å². The summed E-state index contributed by atoms with van der Waals surface area (Å²) < 4.78 is 24.2. The largest absolute Gasteiger partial charge is 0.494 e. The van der Waals surface area contributed by atoms with Gasteiger partial charge in [0.1, 0.15) is 0 Å². The lowest BCUT2D eigenvalue weighted by Gasteiger charge is -2.32. The third kappa shape index (κ3) is 5.46. The average Bonchev–Trinajstić information content (AvgIpc) is 3.57. The molecule has 2 aromatic rings. The summed E-state index contributed by atoms with van der Waals surface area (Å²) in [5.74, 6) is 0.771. The van der Waals surface area contributed by atoms with Gasteiger partial charge in [0.25, 0.3) is 0 Å². The molecule has 2 saturated heterocycles. The van der Waals surface area contributed by atoms with Gasteiger partial charge in [0, 0.05) is 0 Å². The van der Waals surface area contributed by atoms with E-state index in [4.69, 9.17) is 18.6 Å². The summed E-state index contributed by atoms with van der Waals surface area (Å²) in [6, 6.07) is 16.8. The molecule has 35 heavy (non-hydrogen) atoms. The van der Waals surface area contributed by atoms with E-state index < -0.39 is 0 Å². The highest BCUT2D eigenvalue weighted by Gasteiger charge is 2.52. The van der Waals surface area contributed by atoms with Gasteiger partial charge in [-0.3, -0.25) is 0 Å². The highest BCUT2D eigenvalue weighted by atomic mass is 16.7. The van der Waals surface area contributed by atoms with E-state index in [0.29, 0.717) is 0 Å². The van der Waals surface area contributed by atoms with Crippen LogP contribution in [-0.2, 0) is 18.6 Å². The summed E-state index contributed by atoms with van der Waals surface area (Å²) in [4.78, 5) is 0. The molecule has 6 heteroatoms. The van der Waals surface area contributed by atoms with Crippen LogP contribution in [0.5, 0.6) is 0 Å². The second kappa shape index (κ2) is 9.23.